The van der Waals surface area contributed by atoms with Gasteiger partial charge in [0.1, 0.15) is 0 Å². The van der Waals surface area contributed by atoms with Crippen LogP contribution < -0.4 is 10.2 Å². The number of hydrogen-bond donors (Lipinski definition) is 2. The van der Waals surface area contributed by atoms with Crippen LogP contribution in [0.15, 0.2) is 18.2 Å². The van der Waals surface area contributed by atoms with E-state index in [1.807, 2.05) is 25.1 Å². The van der Waals surface area contributed by atoms with Crippen molar-refractivity contribution < 1.29 is 9.90 Å². The average molecular weight is 300 g/mol. The highest BCUT2D eigenvalue weighted by molar-refractivity contribution is 6.31. The minimum Gasteiger partial charge on any atom is -0.393 e. The Labute approximate surface area is 125 Å². The fraction of sp³-hybridized carbons (Fsp3) is 0.500. The molecule has 0 bridgehead atoms. The molecule has 2 amide bonds. The first-order valence-corrected chi connectivity index (χ1v) is 6.86. The third kappa shape index (κ3) is 4.90. The SMILES string of the molecule is CC(O)CCN(C)C(=O)Nc1cc(Cl)ccc1N(C)C. The van der Waals surface area contributed by atoms with Crippen molar-refractivity contribution in [1.82, 2.24) is 4.90 Å². The fourth-order valence-electron chi connectivity index (χ4n) is 1.69. The monoisotopic (exact) mass is 299 g/mol. The molecule has 2 N–H and O–H groups in total. The summed E-state index contributed by atoms with van der Waals surface area (Å²) >= 11 is 5.97. The minimum absolute atomic E-state index is 0.226. The molecule has 0 radical (unpaired) electrons. The van der Waals surface area contributed by atoms with Crippen molar-refractivity contribution in [2.24, 2.45) is 0 Å². The van der Waals surface area contributed by atoms with Crippen molar-refractivity contribution in [3.63, 3.8) is 0 Å². The number of amides is 2. The van der Waals surface area contributed by atoms with Crippen LogP contribution in [0.1, 0.15) is 13.3 Å². The van der Waals surface area contributed by atoms with E-state index in [-0.39, 0.29) is 6.03 Å². The predicted molar refractivity (Wildman–Crippen MR) is 83.7 cm³/mol. The summed E-state index contributed by atoms with van der Waals surface area (Å²) in [6.07, 6.45) is 0.119. The first-order chi connectivity index (χ1) is 9.31. The second-order valence-electron chi connectivity index (χ2n) is 5.05. The number of aliphatic hydroxyl groups is 1. The van der Waals surface area contributed by atoms with Crippen molar-refractivity contribution in [1.29, 1.82) is 0 Å². The smallest absolute Gasteiger partial charge is 0.321 e. The Hall–Kier alpha value is -1.46. The van der Waals surface area contributed by atoms with Gasteiger partial charge in [-0.15, -0.1) is 0 Å². The van der Waals surface area contributed by atoms with Crippen LogP contribution in [0.3, 0.4) is 0 Å². The van der Waals surface area contributed by atoms with Crippen LogP contribution in [0.2, 0.25) is 5.02 Å². The number of aliphatic hydroxyl groups excluding tert-OH is 1. The molecule has 6 heteroatoms. The number of rotatable bonds is 5. The molecular formula is C14H22ClN3O2. The number of anilines is 2. The van der Waals surface area contributed by atoms with Gasteiger partial charge >= 0.3 is 6.03 Å². The number of nitrogens with one attached hydrogen (secondary N) is 1. The maximum absolute atomic E-state index is 12.1. The summed E-state index contributed by atoms with van der Waals surface area (Å²) in [5, 5.41) is 12.6. The fourth-order valence-corrected chi connectivity index (χ4v) is 1.86. The normalized spacial score (nSPS) is 11.9. The molecule has 0 fully saturated rings. The molecule has 0 aliphatic heterocycles. The van der Waals surface area contributed by atoms with Gasteiger partial charge < -0.3 is 20.2 Å². The third-order valence-electron chi connectivity index (χ3n) is 2.91. The van der Waals surface area contributed by atoms with Crippen molar-refractivity contribution in [2.75, 3.05) is 37.9 Å². The molecule has 0 saturated carbocycles. The molecule has 1 aromatic carbocycles. The molecule has 20 heavy (non-hydrogen) atoms. The van der Waals surface area contributed by atoms with E-state index >= 15 is 0 Å². The molecule has 1 rings (SSSR count). The van der Waals surface area contributed by atoms with E-state index in [4.69, 9.17) is 11.6 Å². The topological polar surface area (TPSA) is 55.8 Å². The highest BCUT2D eigenvalue weighted by Crippen LogP contribution is 2.27. The molecule has 1 atom stereocenters. The Morgan fingerprint density at radius 2 is 2.05 bits per heavy atom. The van der Waals surface area contributed by atoms with E-state index in [0.717, 1.165) is 5.69 Å². The Kier molecular flexibility index (Phi) is 6.10. The van der Waals surface area contributed by atoms with Gasteiger partial charge in [0.15, 0.2) is 0 Å². The summed E-state index contributed by atoms with van der Waals surface area (Å²) in [5.41, 5.74) is 1.54. The van der Waals surface area contributed by atoms with Crippen LogP contribution in [0.25, 0.3) is 0 Å². The van der Waals surface area contributed by atoms with Gasteiger partial charge in [0, 0.05) is 32.7 Å². The molecule has 0 spiro atoms. The van der Waals surface area contributed by atoms with Gasteiger partial charge in [0.2, 0.25) is 0 Å². The zero-order chi connectivity index (χ0) is 15.3. The highest BCUT2D eigenvalue weighted by atomic mass is 35.5. The van der Waals surface area contributed by atoms with Gasteiger partial charge in [0.05, 0.1) is 17.5 Å². The van der Waals surface area contributed by atoms with Crippen LogP contribution >= 0.6 is 11.6 Å². The molecule has 0 aromatic heterocycles. The Bertz CT molecular complexity index is 464. The van der Waals surface area contributed by atoms with Gasteiger partial charge in [-0.25, -0.2) is 4.79 Å². The largest absolute Gasteiger partial charge is 0.393 e. The zero-order valence-corrected chi connectivity index (χ0v) is 13.1. The van der Waals surface area contributed by atoms with Crippen LogP contribution in [0, 0.1) is 0 Å². The van der Waals surface area contributed by atoms with Gasteiger partial charge in [-0.3, -0.25) is 0 Å². The lowest BCUT2D eigenvalue weighted by atomic mass is 10.2. The Morgan fingerprint density at radius 1 is 1.40 bits per heavy atom. The highest BCUT2D eigenvalue weighted by Gasteiger charge is 2.13. The first-order valence-electron chi connectivity index (χ1n) is 6.48. The number of nitrogens with zero attached hydrogens (tertiary/aromatic N) is 2. The minimum atomic E-state index is -0.422. The lowest BCUT2D eigenvalue weighted by molar-refractivity contribution is 0.167. The van der Waals surface area contributed by atoms with Gasteiger partial charge in [-0.1, -0.05) is 11.6 Å². The van der Waals surface area contributed by atoms with Gasteiger partial charge in [-0.05, 0) is 31.5 Å². The van der Waals surface area contributed by atoms with Gasteiger partial charge in [-0.2, -0.15) is 0 Å². The lowest BCUT2D eigenvalue weighted by Crippen LogP contribution is -2.33. The van der Waals surface area contributed by atoms with Crippen LogP contribution in [0.5, 0.6) is 0 Å². The van der Waals surface area contributed by atoms with Crippen molar-refractivity contribution in [3.8, 4) is 0 Å². The second kappa shape index (κ2) is 7.36. The first kappa shape index (κ1) is 16.6. The zero-order valence-electron chi connectivity index (χ0n) is 12.4. The molecule has 0 saturated heterocycles. The Morgan fingerprint density at radius 3 is 2.60 bits per heavy atom. The molecule has 1 aromatic rings. The molecule has 0 heterocycles. The van der Waals surface area contributed by atoms with Gasteiger partial charge in [0.25, 0.3) is 0 Å². The number of hydrogen-bond acceptors (Lipinski definition) is 3. The molecular weight excluding hydrogens is 278 g/mol. The maximum Gasteiger partial charge on any atom is 0.321 e. The number of carbonyl (C=O) groups is 1. The standard InChI is InChI=1S/C14H22ClN3O2/c1-10(19)7-8-18(4)14(20)16-12-9-11(15)5-6-13(12)17(2)3/h5-6,9-10,19H,7-8H2,1-4H3,(H,16,20). The van der Waals surface area contributed by atoms with E-state index in [9.17, 15) is 9.90 Å². The van der Waals surface area contributed by atoms with E-state index in [2.05, 4.69) is 5.32 Å². The van der Waals surface area contributed by atoms with Crippen molar-refractivity contribution >= 4 is 29.0 Å². The lowest BCUT2D eigenvalue weighted by Gasteiger charge is -2.22. The number of halogens is 1. The Balaban J connectivity index is 2.76. The third-order valence-corrected chi connectivity index (χ3v) is 3.15. The molecule has 5 nitrogen and oxygen atoms in total. The summed E-state index contributed by atoms with van der Waals surface area (Å²) in [7, 11) is 5.49. The summed E-state index contributed by atoms with van der Waals surface area (Å²) in [6.45, 7) is 2.19. The molecule has 1 unspecified atom stereocenters. The maximum atomic E-state index is 12.1. The van der Waals surface area contributed by atoms with E-state index in [1.54, 1.807) is 26.1 Å². The van der Waals surface area contributed by atoms with Crippen molar-refractivity contribution in [2.45, 2.75) is 19.4 Å². The number of benzene rings is 1. The molecule has 0 aliphatic rings. The predicted octanol–water partition coefficient (Wildman–Crippen LogP) is 2.64. The van der Waals surface area contributed by atoms with Crippen LogP contribution in [0.4, 0.5) is 16.2 Å². The van der Waals surface area contributed by atoms with E-state index in [1.165, 1.54) is 4.90 Å². The van der Waals surface area contributed by atoms with E-state index in [0.29, 0.717) is 23.7 Å². The average Bonchev–Trinajstić information content (AvgIpc) is 2.35. The molecule has 0 aliphatic carbocycles. The number of carbonyl (C=O) groups excluding carboxylic acids is 1. The summed E-state index contributed by atoms with van der Waals surface area (Å²) in [5.74, 6) is 0. The van der Waals surface area contributed by atoms with Crippen LogP contribution in [-0.2, 0) is 0 Å². The summed E-state index contributed by atoms with van der Waals surface area (Å²) < 4.78 is 0. The molecule has 112 valence electrons. The summed E-state index contributed by atoms with van der Waals surface area (Å²) in [4.78, 5) is 15.5. The van der Waals surface area contributed by atoms with Crippen molar-refractivity contribution in [3.05, 3.63) is 23.2 Å². The quantitative estimate of drug-likeness (QED) is 0.879. The summed E-state index contributed by atoms with van der Waals surface area (Å²) in [6, 6.07) is 5.13. The second-order valence-corrected chi connectivity index (χ2v) is 5.48. The van der Waals surface area contributed by atoms with E-state index < -0.39 is 6.10 Å². The number of urea groups is 1. The van der Waals surface area contributed by atoms with Crippen LogP contribution in [-0.4, -0.2) is 49.8 Å².